The fourth-order valence-electron chi connectivity index (χ4n) is 7.95. The second-order valence-corrected chi connectivity index (χ2v) is 12.8. The summed E-state index contributed by atoms with van der Waals surface area (Å²) in [5.41, 5.74) is 3.02. The van der Waals surface area contributed by atoms with Gasteiger partial charge in [-0.1, -0.05) is 70.3 Å². The Kier molecular flexibility index (Phi) is 11.1. The Balaban J connectivity index is 1.21. The summed E-state index contributed by atoms with van der Waals surface area (Å²) in [6, 6.07) is 3.64. The Morgan fingerprint density at radius 1 is 0.923 bits per heavy atom. The number of ketones is 2. The first-order chi connectivity index (χ1) is 19.0. The molecule has 2 saturated carbocycles. The second kappa shape index (κ2) is 14.5. The molecule has 39 heavy (non-hydrogen) atoms. The average molecular weight is 533 g/mol. The summed E-state index contributed by atoms with van der Waals surface area (Å²) >= 11 is 0. The topological polar surface area (TPSA) is 54.4 Å². The highest BCUT2D eigenvalue weighted by atomic mass is 16.3. The van der Waals surface area contributed by atoms with E-state index in [1.54, 1.807) is 6.07 Å². The SMILES string of the molecule is CCCCC/C=C\C/C=C\CCCCCCCC(=O)c1cc(O)cc2c1[C@H]1CC[C@]3(C)C(=O)CC[C@H]3[C@@H]1CC2. The molecule has 0 heterocycles. The van der Waals surface area contributed by atoms with Gasteiger partial charge in [0.05, 0.1) is 0 Å². The van der Waals surface area contributed by atoms with Crippen molar-refractivity contribution in [2.75, 3.05) is 0 Å². The molecule has 2 fully saturated rings. The number of fused-ring (bicyclic) bond motifs is 5. The maximum absolute atomic E-state index is 13.4. The van der Waals surface area contributed by atoms with Crippen molar-refractivity contribution in [3.05, 3.63) is 53.1 Å². The largest absolute Gasteiger partial charge is 0.508 e. The molecule has 1 aromatic carbocycles. The Bertz CT molecular complexity index is 1030. The van der Waals surface area contributed by atoms with E-state index in [0.717, 1.165) is 69.8 Å². The molecular weight excluding hydrogens is 480 g/mol. The summed E-state index contributed by atoms with van der Waals surface area (Å²) in [5.74, 6) is 2.20. The Morgan fingerprint density at radius 2 is 1.64 bits per heavy atom. The number of carbonyl (C=O) groups is 2. The molecule has 1 aromatic rings. The minimum Gasteiger partial charge on any atom is -0.508 e. The van der Waals surface area contributed by atoms with E-state index in [1.165, 1.54) is 56.1 Å². The van der Waals surface area contributed by atoms with Gasteiger partial charge in [0.15, 0.2) is 5.78 Å². The molecule has 0 spiro atoms. The van der Waals surface area contributed by atoms with Gasteiger partial charge in [-0.3, -0.25) is 9.59 Å². The lowest BCUT2D eigenvalue weighted by molar-refractivity contribution is -0.129. The van der Waals surface area contributed by atoms with Crippen molar-refractivity contribution in [1.82, 2.24) is 0 Å². The summed E-state index contributed by atoms with van der Waals surface area (Å²) in [7, 11) is 0. The van der Waals surface area contributed by atoms with Crippen LogP contribution in [0.1, 0.15) is 150 Å². The van der Waals surface area contributed by atoms with E-state index in [1.807, 2.05) is 6.07 Å². The highest BCUT2D eigenvalue weighted by Crippen LogP contribution is 2.60. The van der Waals surface area contributed by atoms with E-state index >= 15 is 0 Å². The molecular formula is C36H52O3. The van der Waals surface area contributed by atoms with Crippen LogP contribution in [-0.4, -0.2) is 16.7 Å². The Hall–Kier alpha value is -2.16. The smallest absolute Gasteiger partial charge is 0.163 e. The number of hydrogen-bond acceptors (Lipinski definition) is 3. The van der Waals surface area contributed by atoms with Crippen LogP contribution in [-0.2, 0) is 11.2 Å². The zero-order valence-electron chi connectivity index (χ0n) is 24.7. The maximum atomic E-state index is 13.4. The number of Topliss-reactive ketones (excluding diaryl/α,β-unsaturated/α-hetero) is 2. The van der Waals surface area contributed by atoms with Crippen LogP contribution < -0.4 is 0 Å². The van der Waals surface area contributed by atoms with Gasteiger partial charge in [0, 0.05) is 23.8 Å². The number of rotatable bonds is 15. The van der Waals surface area contributed by atoms with Crippen LogP contribution in [0.2, 0.25) is 0 Å². The molecule has 3 heteroatoms. The van der Waals surface area contributed by atoms with Gasteiger partial charge in [0.25, 0.3) is 0 Å². The first-order valence-corrected chi connectivity index (χ1v) is 16.2. The summed E-state index contributed by atoms with van der Waals surface area (Å²) in [6.45, 7) is 4.45. The first kappa shape index (κ1) is 29.8. The molecule has 0 aliphatic heterocycles. The molecule has 4 rings (SSSR count). The van der Waals surface area contributed by atoms with Gasteiger partial charge in [-0.25, -0.2) is 0 Å². The molecule has 0 bridgehead atoms. The van der Waals surface area contributed by atoms with Crippen molar-refractivity contribution < 1.29 is 14.7 Å². The van der Waals surface area contributed by atoms with Crippen molar-refractivity contribution in [1.29, 1.82) is 0 Å². The van der Waals surface area contributed by atoms with Crippen LogP contribution in [0.3, 0.4) is 0 Å². The van der Waals surface area contributed by atoms with Crippen LogP contribution in [0.15, 0.2) is 36.4 Å². The molecule has 214 valence electrons. The van der Waals surface area contributed by atoms with E-state index < -0.39 is 0 Å². The van der Waals surface area contributed by atoms with E-state index in [0.29, 0.717) is 30.0 Å². The molecule has 0 saturated heterocycles. The summed E-state index contributed by atoms with van der Waals surface area (Å²) < 4.78 is 0. The lowest BCUT2D eigenvalue weighted by atomic mass is 9.55. The highest BCUT2D eigenvalue weighted by Gasteiger charge is 2.55. The summed E-state index contributed by atoms with van der Waals surface area (Å²) in [5, 5.41) is 10.4. The minimum atomic E-state index is -0.152. The average Bonchev–Trinajstić information content (AvgIpc) is 3.24. The lowest BCUT2D eigenvalue weighted by Gasteiger charge is -2.48. The monoisotopic (exact) mass is 532 g/mol. The number of aromatic hydroxyl groups is 1. The van der Waals surface area contributed by atoms with Crippen molar-refractivity contribution in [2.45, 2.75) is 135 Å². The number of allylic oxidation sites excluding steroid dienone is 4. The van der Waals surface area contributed by atoms with Crippen molar-refractivity contribution in [3.8, 4) is 5.75 Å². The fourth-order valence-corrected chi connectivity index (χ4v) is 7.95. The van der Waals surface area contributed by atoms with Crippen molar-refractivity contribution in [2.24, 2.45) is 17.3 Å². The molecule has 0 amide bonds. The number of phenols is 1. The molecule has 4 atom stereocenters. The van der Waals surface area contributed by atoms with Gasteiger partial charge in [0.2, 0.25) is 0 Å². The fraction of sp³-hybridized carbons (Fsp3) is 0.667. The van der Waals surface area contributed by atoms with E-state index in [9.17, 15) is 14.7 Å². The van der Waals surface area contributed by atoms with Crippen LogP contribution in [0.5, 0.6) is 5.75 Å². The van der Waals surface area contributed by atoms with Crippen LogP contribution >= 0.6 is 0 Å². The molecule has 3 aliphatic rings. The Labute approximate surface area is 237 Å². The van der Waals surface area contributed by atoms with Gasteiger partial charge in [-0.15, -0.1) is 0 Å². The molecule has 3 nitrogen and oxygen atoms in total. The van der Waals surface area contributed by atoms with Crippen LogP contribution in [0.4, 0.5) is 0 Å². The lowest BCUT2D eigenvalue weighted by Crippen LogP contribution is -2.42. The number of phenolic OH excluding ortho intramolecular Hbond substituents is 1. The van der Waals surface area contributed by atoms with E-state index in [4.69, 9.17) is 0 Å². The number of benzene rings is 1. The molecule has 3 aliphatic carbocycles. The van der Waals surface area contributed by atoms with Gasteiger partial charge >= 0.3 is 0 Å². The van der Waals surface area contributed by atoms with Gasteiger partial charge in [-0.2, -0.15) is 0 Å². The van der Waals surface area contributed by atoms with Crippen molar-refractivity contribution in [3.63, 3.8) is 0 Å². The van der Waals surface area contributed by atoms with Crippen LogP contribution in [0, 0.1) is 17.3 Å². The summed E-state index contributed by atoms with van der Waals surface area (Å²) in [4.78, 5) is 26.1. The molecule has 0 aromatic heterocycles. The maximum Gasteiger partial charge on any atom is 0.163 e. The van der Waals surface area contributed by atoms with E-state index in [-0.39, 0.29) is 16.9 Å². The number of carbonyl (C=O) groups excluding carboxylic acids is 2. The predicted molar refractivity (Wildman–Crippen MR) is 161 cm³/mol. The summed E-state index contributed by atoms with van der Waals surface area (Å²) in [6.07, 6.45) is 28.4. The van der Waals surface area contributed by atoms with Gasteiger partial charge in [0.1, 0.15) is 11.5 Å². The van der Waals surface area contributed by atoms with E-state index in [2.05, 4.69) is 38.2 Å². The first-order valence-electron chi connectivity index (χ1n) is 16.2. The Morgan fingerprint density at radius 3 is 2.41 bits per heavy atom. The third-order valence-corrected chi connectivity index (χ3v) is 10.2. The van der Waals surface area contributed by atoms with Crippen molar-refractivity contribution >= 4 is 11.6 Å². The normalized spacial score (nSPS) is 26.2. The number of unbranched alkanes of at least 4 members (excludes halogenated alkanes) is 8. The quantitative estimate of drug-likeness (QED) is 0.139. The number of aryl methyl sites for hydroxylation is 1. The zero-order valence-corrected chi connectivity index (χ0v) is 24.7. The minimum absolute atomic E-state index is 0.152. The van der Waals surface area contributed by atoms with Crippen LogP contribution in [0.25, 0.3) is 0 Å². The number of hydrogen-bond donors (Lipinski definition) is 1. The van der Waals surface area contributed by atoms with Gasteiger partial charge < -0.3 is 5.11 Å². The standard InChI is InChI=1S/C36H52O3/c1-3-4-5-6-7-8-9-10-11-12-13-14-15-16-17-18-33(38)31-26-28(37)25-27-19-20-29-30(35(27)31)23-24-36(2)32(29)21-22-34(36)39/h7-8,10-11,25-26,29-30,32,37H,3-6,9,12-24H2,1-2H3/b8-7-,11-10-/t29-,30+,32+,36+/m1/s1. The van der Waals surface area contributed by atoms with Gasteiger partial charge in [-0.05, 0) is 112 Å². The molecule has 0 unspecified atom stereocenters. The second-order valence-electron chi connectivity index (χ2n) is 12.8. The third-order valence-electron chi connectivity index (χ3n) is 10.2. The molecule has 1 N–H and O–H groups in total. The third kappa shape index (κ3) is 7.33. The predicted octanol–water partition coefficient (Wildman–Crippen LogP) is 9.81. The zero-order chi connectivity index (χ0) is 27.7. The highest BCUT2D eigenvalue weighted by molar-refractivity contribution is 5.98. The molecule has 0 radical (unpaired) electrons.